The second-order valence-corrected chi connectivity index (χ2v) is 9.37. The second-order valence-electron chi connectivity index (χ2n) is 9.37. The summed E-state index contributed by atoms with van der Waals surface area (Å²) < 4.78 is 18.4. The number of hydrogen-bond donors (Lipinski definition) is 1. The van der Waals surface area contributed by atoms with Crippen LogP contribution in [0.4, 0.5) is 10.3 Å². The minimum Gasteiger partial charge on any atom is -0.354 e. The third-order valence-corrected chi connectivity index (χ3v) is 6.97. The van der Waals surface area contributed by atoms with Crippen LogP contribution >= 0.6 is 0 Å². The van der Waals surface area contributed by atoms with Crippen molar-refractivity contribution in [2.24, 2.45) is 0 Å². The standard InChI is InChI=1S/C29H29FN6/c1-2-3-16-31-29-32-17-14-24(33-29)28-27(21-8-10-22(30)11-9-21)34-26-13-12-23(36(26)28)19-35-18-15-20-6-4-5-7-25(20)35/h4-11,14-15,17-18,23H,2-3,12-13,16,19H2,1H3,(H,31,32,33)/t23-/m0/s1. The number of benzene rings is 2. The van der Waals surface area contributed by atoms with Gasteiger partial charge in [0.05, 0.1) is 23.1 Å². The molecular formula is C29H29FN6. The van der Waals surface area contributed by atoms with Crippen LogP contribution in [-0.2, 0) is 13.0 Å². The van der Waals surface area contributed by atoms with E-state index in [1.165, 1.54) is 23.0 Å². The molecule has 0 radical (unpaired) electrons. The summed E-state index contributed by atoms with van der Waals surface area (Å²) >= 11 is 0. The average molecular weight is 481 g/mol. The molecule has 6 rings (SSSR count). The van der Waals surface area contributed by atoms with Crippen molar-refractivity contribution in [3.8, 4) is 22.6 Å². The smallest absolute Gasteiger partial charge is 0.223 e. The van der Waals surface area contributed by atoms with Gasteiger partial charge >= 0.3 is 0 Å². The normalized spacial score (nSPS) is 14.9. The summed E-state index contributed by atoms with van der Waals surface area (Å²) in [4.78, 5) is 14.4. The lowest BCUT2D eigenvalue weighted by molar-refractivity contribution is 0.459. The Hall–Kier alpha value is -4.00. The van der Waals surface area contributed by atoms with Gasteiger partial charge in [-0.1, -0.05) is 31.5 Å². The molecule has 2 aromatic carbocycles. The minimum absolute atomic E-state index is 0.235. The Bertz CT molecular complexity index is 1500. The van der Waals surface area contributed by atoms with E-state index in [-0.39, 0.29) is 11.9 Å². The van der Waals surface area contributed by atoms with Crippen LogP contribution in [0.2, 0.25) is 0 Å². The van der Waals surface area contributed by atoms with E-state index in [9.17, 15) is 4.39 Å². The predicted octanol–water partition coefficient (Wildman–Crippen LogP) is 6.50. The number of unbranched alkanes of at least 4 members (excludes halogenated alkanes) is 1. The maximum absolute atomic E-state index is 13.7. The topological polar surface area (TPSA) is 60.6 Å². The van der Waals surface area contributed by atoms with Crippen molar-refractivity contribution in [3.63, 3.8) is 0 Å². The Morgan fingerprint density at radius 2 is 1.89 bits per heavy atom. The van der Waals surface area contributed by atoms with E-state index in [1.54, 1.807) is 18.3 Å². The van der Waals surface area contributed by atoms with Gasteiger partial charge < -0.3 is 14.5 Å². The van der Waals surface area contributed by atoms with Crippen molar-refractivity contribution in [2.75, 3.05) is 11.9 Å². The van der Waals surface area contributed by atoms with Gasteiger partial charge in [0.2, 0.25) is 5.95 Å². The Labute approximate surface area is 209 Å². The summed E-state index contributed by atoms with van der Waals surface area (Å²) in [5.41, 5.74) is 4.75. The summed E-state index contributed by atoms with van der Waals surface area (Å²) in [6.07, 6.45) is 8.04. The summed E-state index contributed by atoms with van der Waals surface area (Å²) in [5, 5.41) is 4.59. The van der Waals surface area contributed by atoms with Crippen LogP contribution in [0.15, 0.2) is 73.1 Å². The highest BCUT2D eigenvalue weighted by Crippen LogP contribution is 2.40. The molecule has 4 heterocycles. The maximum atomic E-state index is 13.7. The molecule has 36 heavy (non-hydrogen) atoms. The number of aryl methyl sites for hydroxylation is 1. The fraction of sp³-hybridized carbons (Fsp3) is 0.276. The van der Waals surface area contributed by atoms with Crippen molar-refractivity contribution < 1.29 is 4.39 Å². The molecule has 0 fully saturated rings. The number of para-hydroxylation sites is 1. The number of imidazole rings is 1. The first kappa shape index (κ1) is 22.5. The number of aromatic nitrogens is 5. The lowest BCUT2D eigenvalue weighted by Gasteiger charge is -2.19. The average Bonchev–Trinajstić information content (AvgIpc) is 3.60. The van der Waals surface area contributed by atoms with Crippen LogP contribution in [0.5, 0.6) is 0 Å². The zero-order valence-electron chi connectivity index (χ0n) is 20.4. The molecule has 0 spiro atoms. The van der Waals surface area contributed by atoms with Gasteiger partial charge in [-0.3, -0.25) is 0 Å². The Morgan fingerprint density at radius 1 is 1.03 bits per heavy atom. The molecule has 0 saturated heterocycles. The second kappa shape index (κ2) is 9.57. The molecular weight excluding hydrogens is 451 g/mol. The van der Waals surface area contributed by atoms with Gasteiger partial charge in [0.1, 0.15) is 11.6 Å². The third-order valence-electron chi connectivity index (χ3n) is 6.97. The van der Waals surface area contributed by atoms with E-state index in [2.05, 4.69) is 62.9 Å². The Balaban J connectivity index is 1.44. The molecule has 6 nitrogen and oxygen atoms in total. The molecule has 0 aliphatic carbocycles. The van der Waals surface area contributed by atoms with Gasteiger partial charge in [0.25, 0.3) is 0 Å². The monoisotopic (exact) mass is 480 g/mol. The van der Waals surface area contributed by atoms with Crippen molar-refractivity contribution in [1.82, 2.24) is 24.1 Å². The molecule has 1 aliphatic rings. The molecule has 0 unspecified atom stereocenters. The van der Waals surface area contributed by atoms with Crippen molar-refractivity contribution >= 4 is 16.9 Å². The first-order chi connectivity index (χ1) is 17.7. The van der Waals surface area contributed by atoms with Gasteiger partial charge in [-0.25, -0.2) is 19.3 Å². The predicted molar refractivity (Wildman–Crippen MR) is 141 cm³/mol. The summed E-state index contributed by atoms with van der Waals surface area (Å²) in [6, 6.07) is 19.4. The van der Waals surface area contributed by atoms with E-state index in [0.717, 1.165) is 67.2 Å². The zero-order chi connectivity index (χ0) is 24.5. The van der Waals surface area contributed by atoms with Crippen LogP contribution in [0, 0.1) is 5.82 Å². The van der Waals surface area contributed by atoms with Gasteiger partial charge in [-0.05, 0) is 60.7 Å². The van der Waals surface area contributed by atoms with E-state index in [0.29, 0.717) is 5.95 Å². The highest BCUT2D eigenvalue weighted by atomic mass is 19.1. The van der Waals surface area contributed by atoms with Crippen LogP contribution in [0.1, 0.15) is 38.1 Å². The number of hydrogen-bond acceptors (Lipinski definition) is 4. The molecule has 1 N–H and O–H groups in total. The fourth-order valence-corrected chi connectivity index (χ4v) is 5.18. The molecule has 3 aromatic heterocycles. The summed E-state index contributed by atoms with van der Waals surface area (Å²) in [7, 11) is 0. The van der Waals surface area contributed by atoms with Crippen LogP contribution in [0.25, 0.3) is 33.5 Å². The molecule has 7 heteroatoms. The van der Waals surface area contributed by atoms with Crippen molar-refractivity contribution in [3.05, 3.63) is 84.7 Å². The van der Waals surface area contributed by atoms with E-state index in [1.807, 2.05) is 6.07 Å². The van der Waals surface area contributed by atoms with E-state index in [4.69, 9.17) is 9.97 Å². The van der Waals surface area contributed by atoms with Crippen molar-refractivity contribution in [2.45, 2.75) is 45.2 Å². The fourth-order valence-electron chi connectivity index (χ4n) is 5.18. The number of fused-ring (bicyclic) bond motifs is 2. The van der Waals surface area contributed by atoms with Crippen LogP contribution in [-0.4, -0.2) is 30.6 Å². The van der Waals surface area contributed by atoms with E-state index >= 15 is 0 Å². The third kappa shape index (κ3) is 4.15. The maximum Gasteiger partial charge on any atom is 0.223 e. The Morgan fingerprint density at radius 3 is 2.75 bits per heavy atom. The highest BCUT2D eigenvalue weighted by Gasteiger charge is 2.31. The quantitative estimate of drug-likeness (QED) is 0.258. The molecule has 0 bridgehead atoms. The molecule has 0 saturated carbocycles. The first-order valence-corrected chi connectivity index (χ1v) is 12.7. The van der Waals surface area contributed by atoms with Crippen LogP contribution in [0.3, 0.4) is 0 Å². The molecule has 182 valence electrons. The minimum atomic E-state index is -0.256. The van der Waals surface area contributed by atoms with E-state index < -0.39 is 0 Å². The number of rotatable bonds is 8. The largest absolute Gasteiger partial charge is 0.354 e. The lowest BCUT2D eigenvalue weighted by Crippen LogP contribution is -2.14. The molecule has 1 aliphatic heterocycles. The lowest BCUT2D eigenvalue weighted by atomic mass is 10.1. The van der Waals surface area contributed by atoms with Gasteiger partial charge in [0, 0.05) is 43.0 Å². The molecule has 5 aromatic rings. The zero-order valence-corrected chi connectivity index (χ0v) is 20.4. The SMILES string of the molecule is CCCCNc1nccc(-c2c(-c3ccc(F)cc3)nc3n2[C@H](Cn2ccc4ccccc42)CC3)n1. The Kier molecular flexibility index (Phi) is 5.97. The number of nitrogens with one attached hydrogen (secondary N) is 1. The first-order valence-electron chi connectivity index (χ1n) is 12.7. The molecule has 0 amide bonds. The highest BCUT2D eigenvalue weighted by molar-refractivity contribution is 5.80. The van der Waals surface area contributed by atoms with Gasteiger partial charge in [-0.15, -0.1) is 0 Å². The van der Waals surface area contributed by atoms with Crippen LogP contribution < -0.4 is 5.32 Å². The number of nitrogens with zero attached hydrogens (tertiary/aromatic N) is 5. The van der Waals surface area contributed by atoms with Crippen molar-refractivity contribution in [1.29, 1.82) is 0 Å². The van der Waals surface area contributed by atoms with Gasteiger partial charge in [-0.2, -0.15) is 0 Å². The number of anilines is 1. The summed E-state index contributed by atoms with van der Waals surface area (Å²) in [6.45, 7) is 3.84. The number of halogens is 1. The van der Waals surface area contributed by atoms with Gasteiger partial charge in [0.15, 0.2) is 0 Å². The summed E-state index contributed by atoms with van der Waals surface area (Å²) in [5.74, 6) is 1.41. The molecule has 1 atom stereocenters.